The van der Waals surface area contributed by atoms with E-state index in [1.165, 1.54) is 31.2 Å². The van der Waals surface area contributed by atoms with Crippen molar-refractivity contribution in [3.05, 3.63) is 23.8 Å². The van der Waals surface area contributed by atoms with Gasteiger partial charge in [0.25, 0.3) is 0 Å². The van der Waals surface area contributed by atoms with Crippen molar-refractivity contribution in [1.29, 1.82) is 0 Å². The molecule has 2 heterocycles. The standard InChI is InChI=1S/C25H38N4O3/c1-4-26-24(27-22-19-8-15-32-23(19)25(22)9-5-10-25)29-13-11-28(12-14-29)17-18-6-7-20(30-2)21(16-18)31-3/h6-7,16,19,22-23H,4-5,8-15,17H2,1-3H3,(H,26,27). The summed E-state index contributed by atoms with van der Waals surface area (Å²) in [6, 6.07) is 6.76. The molecule has 2 saturated heterocycles. The molecule has 3 atom stereocenters. The average Bonchev–Trinajstić information content (AvgIpc) is 3.21. The van der Waals surface area contributed by atoms with Crippen LogP contribution in [0.25, 0.3) is 0 Å². The molecule has 1 spiro atoms. The summed E-state index contributed by atoms with van der Waals surface area (Å²) in [7, 11) is 3.37. The number of rotatable bonds is 6. The van der Waals surface area contributed by atoms with Crippen LogP contribution >= 0.6 is 0 Å². The Hall–Kier alpha value is -1.99. The molecule has 4 fully saturated rings. The SMILES string of the molecule is CCN=C(NC1C2CCOC2C12CCC2)N1CCN(Cc2ccc(OC)c(OC)c2)CC1. The summed E-state index contributed by atoms with van der Waals surface area (Å²) >= 11 is 0. The van der Waals surface area contributed by atoms with Gasteiger partial charge in [0.1, 0.15) is 0 Å². The smallest absolute Gasteiger partial charge is 0.194 e. The zero-order chi connectivity index (χ0) is 22.1. The summed E-state index contributed by atoms with van der Waals surface area (Å²) in [6.07, 6.45) is 5.66. The van der Waals surface area contributed by atoms with Gasteiger partial charge in [-0.15, -0.1) is 0 Å². The number of ether oxygens (including phenoxy) is 3. The van der Waals surface area contributed by atoms with Crippen LogP contribution in [0.4, 0.5) is 0 Å². The van der Waals surface area contributed by atoms with Crippen LogP contribution in [-0.2, 0) is 11.3 Å². The van der Waals surface area contributed by atoms with Gasteiger partial charge < -0.3 is 24.4 Å². The van der Waals surface area contributed by atoms with Gasteiger partial charge in [-0.05, 0) is 43.9 Å². The molecule has 3 unspecified atom stereocenters. The van der Waals surface area contributed by atoms with Gasteiger partial charge in [-0.25, -0.2) is 0 Å². The zero-order valence-corrected chi connectivity index (χ0v) is 19.8. The monoisotopic (exact) mass is 442 g/mol. The highest BCUT2D eigenvalue weighted by atomic mass is 16.5. The highest BCUT2D eigenvalue weighted by molar-refractivity contribution is 5.81. The maximum atomic E-state index is 6.11. The largest absolute Gasteiger partial charge is 0.493 e. The van der Waals surface area contributed by atoms with Crippen molar-refractivity contribution in [3.8, 4) is 11.5 Å². The first-order valence-electron chi connectivity index (χ1n) is 12.3. The van der Waals surface area contributed by atoms with Crippen LogP contribution in [0.1, 0.15) is 38.2 Å². The number of methoxy groups -OCH3 is 2. The second-order valence-corrected chi connectivity index (χ2v) is 9.70. The molecule has 2 saturated carbocycles. The van der Waals surface area contributed by atoms with Crippen LogP contribution in [0.3, 0.4) is 0 Å². The summed E-state index contributed by atoms with van der Waals surface area (Å²) in [4.78, 5) is 9.88. The molecule has 7 nitrogen and oxygen atoms in total. The van der Waals surface area contributed by atoms with E-state index in [9.17, 15) is 0 Å². The molecule has 5 rings (SSSR count). The molecular formula is C25H38N4O3. The lowest BCUT2D eigenvalue weighted by atomic mass is 9.46. The molecule has 0 amide bonds. The van der Waals surface area contributed by atoms with Gasteiger partial charge >= 0.3 is 0 Å². The minimum absolute atomic E-state index is 0.380. The number of hydrogen-bond acceptors (Lipinski definition) is 5. The Bertz CT molecular complexity index is 832. The predicted molar refractivity (Wildman–Crippen MR) is 125 cm³/mol. The number of nitrogens with zero attached hydrogens (tertiary/aromatic N) is 3. The summed E-state index contributed by atoms with van der Waals surface area (Å²) in [5.41, 5.74) is 1.63. The molecule has 1 aromatic carbocycles. The van der Waals surface area contributed by atoms with Crippen LogP contribution in [0.5, 0.6) is 11.5 Å². The van der Waals surface area contributed by atoms with Gasteiger partial charge in [0.15, 0.2) is 17.5 Å². The van der Waals surface area contributed by atoms with Crippen molar-refractivity contribution in [2.45, 2.75) is 51.3 Å². The number of benzene rings is 1. The maximum Gasteiger partial charge on any atom is 0.194 e. The third kappa shape index (κ3) is 3.73. The molecule has 0 aromatic heterocycles. The van der Waals surface area contributed by atoms with Gasteiger partial charge in [-0.1, -0.05) is 12.5 Å². The van der Waals surface area contributed by atoms with Crippen LogP contribution < -0.4 is 14.8 Å². The van der Waals surface area contributed by atoms with Gasteiger partial charge in [0.05, 0.1) is 20.3 Å². The first-order valence-corrected chi connectivity index (χ1v) is 12.3. The van der Waals surface area contributed by atoms with Crippen LogP contribution in [0.2, 0.25) is 0 Å². The number of fused-ring (bicyclic) bond motifs is 2. The minimum atomic E-state index is 0.380. The Balaban J connectivity index is 1.19. The zero-order valence-electron chi connectivity index (χ0n) is 19.8. The molecule has 32 heavy (non-hydrogen) atoms. The summed E-state index contributed by atoms with van der Waals surface area (Å²) in [6.45, 7) is 8.88. The second kappa shape index (κ2) is 9.10. The Morgan fingerprint density at radius 1 is 1.16 bits per heavy atom. The molecule has 7 heteroatoms. The van der Waals surface area contributed by atoms with Gasteiger partial charge in [0, 0.05) is 63.3 Å². The number of piperazine rings is 1. The van der Waals surface area contributed by atoms with Crippen molar-refractivity contribution in [2.24, 2.45) is 16.3 Å². The highest BCUT2D eigenvalue weighted by Crippen LogP contribution is 2.62. The van der Waals surface area contributed by atoms with E-state index in [1.807, 2.05) is 6.07 Å². The number of nitrogens with one attached hydrogen (secondary N) is 1. The average molecular weight is 443 g/mol. The van der Waals surface area contributed by atoms with E-state index in [0.29, 0.717) is 23.5 Å². The van der Waals surface area contributed by atoms with Crippen molar-refractivity contribution in [3.63, 3.8) is 0 Å². The third-order valence-corrected chi connectivity index (χ3v) is 8.15. The lowest BCUT2D eigenvalue weighted by Gasteiger charge is -2.63. The summed E-state index contributed by atoms with van der Waals surface area (Å²) in [5, 5.41) is 3.93. The van der Waals surface area contributed by atoms with Crippen molar-refractivity contribution in [1.82, 2.24) is 15.1 Å². The first kappa shape index (κ1) is 21.8. The number of guanidine groups is 1. The Labute approximate surface area is 192 Å². The Morgan fingerprint density at radius 3 is 2.59 bits per heavy atom. The molecule has 2 aliphatic carbocycles. The van der Waals surface area contributed by atoms with Crippen LogP contribution in [0.15, 0.2) is 23.2 Å². The fourth-order valence-corrected chi connectivity index (χ4v) is 6.34. The molecule has 0 radical (unpaired) electrons. The van der Waals surface area contributed by atoms with Gasteiger partial charge in [-0.2, -0.15) is 0 Å². The lowest BCUT2D eigenvalue weighted by molar-refractivity contribution is -0.171. The molecule has 1 N–H and O–H groups in total. The number of aliphatic imine (C=N–C) groups is 1. The lowest BCUT2D eigenvalue weighted by Crippen LogP contribution is -2.73. The third-order valence-electron chi connectivity index (χ3n) is 8.15. The summed E-state index contributed by atoms with van der Waals surface area (Å²) < 4.78 is 17.0. The fourth-order valence-electron chi connectivity index (χ4n) is 6.34. The van der Waals surface area contributed by atoms with Crippen LogP contribution in [-0.4, -0.2) is 81.5 Å². The highest BCUT2D eigenvalue weighted by Gasteiger charge is 2.66. The molecule has 1 aromatic rings. The normalized spacial score (nSPS) is 29.3. The molecule has 176 valence electrons. The second-order valence-electron chi connectivity index (χ2n) is 9.70. The maximum absolute atomic E-state index is 6.11. The number of hydrogen-bond donors (Lipinski definition) is 1. The van der Waals surface area contributed by atoms with Crippen molar-refractivity contribution in [2.75, 3.05) is 53.6 Å². The van der Waals surface area contributed by atoms with E-state index in [1.54, 1.807) is 14.2 Å². The van der Waals surface area contributed by atoms with E-state index in [2.05, 4.69) is 34.2 Å². The molecule has 2 aliphatic heterocycles. The molecule has 4 aliphatic rings. The quantitative estimate of drug-likeness (QED) is 0.540. The first-order chi connectivity index (χ1) is 15.7. The topological polar surface area (TPSA) is 58.6 Å². The molecule has 0 bridgehead atoms. The predicted octanol–water partition coefficient (Wildman–Crippen LogP) is 2.74. The van der Waals surface area contributed by atoms with Crippen molar-refractivity contribution >= 4 is 5.96 Å². The van der Waals surface area contributed by atoms with Crippen molar-refractivity contribution < 1.29 is 14.2 Å². The van der Waals surface area contributed by atoms with E-state index in [4.69, 9.17) is 19.2 Å². The van der Waals surface area contributed by atoms with E-state index in [0.717, 1.165) is 63.3 Å². The van der Waals surface area contributed by atoms with Gasteiger partial charge in [0.2, 0.25) is 0 Å². The van der Waals surface area contributed by atoms with E-state index in [-0.39, 0.29) is 0 Å². The Morgan fingerprint density at radius 2 is 1.94 bits per heavy atom. The van der Waals surface area contributed by atoms with E-state index < -0.39 is 0 Å². The summed E-state index contributed by atoms with van der Waals surface area (Å²) in [5.74, 6) is 3.36. The Kier molecular flexibility index (Phi) is 6.21. The fraction of sp³-hybridized carbons (Fsp3) is 0.720. The minimum Gasteiger partial charge on any atom is -0.493 e. The molecular weight excluding hydrogens is 404 g/mol. The van der Waals surface area contributed by atoms with Crippen LogP contribution in [0, 0.1) is 11.3 Å². The van der Waals surface area contributed by atoms with E-state index >= 15 is 0 Å². The van der Waals surface area contributed by atoms with Gasteiger partial charge in [-0.3, -0.25) is 9.89 Å².